The molecule has 0 unspecified atom stereocenters. The number of hydrogen-bond donors (Lipinski definition) is 1. The zero-order chi connectivity index (χ0) is 24.0. The van der Waals surface area contributed by atoms with Crippen LogP contribution < -0.4 is 15.6 Å². The Labute approximate surface area is 199 Å². The third-order valence-corrected chi connectivity index (χ3v) is 6.85. The number of fused-ring (bicyclic) bond motifs is 1. The molecule has 178 valence electrons. The summed E-state index contributed by atoms with van der Waals surface area (Å²) in [6, 6.07) is 7.65. The first-order valence-corrected chi connectivity index (χ1v) is 11.8. The lowest BCUT2D eigenvalue weighted by atomic mass is 9.68. The number of carbonyl (C=O) groups is 1. The van der Waals surface area contributed by atoms with Crippen LogP contribution in [0.1, 0.15) is 48.3 Å². The van der Waals surface area contributed by atoms with E-state index in [4.69, 9.17) is 4.74 Å². The molecule has 8 heteroatoms. The molecule has 0 spiro atoms. The maximum Gasteiger partial charge on any atom is 0.270 e. The Bertz CT molecular complexity index is 1280. The minimum atomic E-state index is -0.126. The first-order chi connectivity index (χ1) is 16.2. The number of likely N-dealkylation sites (tertiary alicyclic amines) is 1. The van der Waals surface area contributed by atoms with E-state index in [-0.39, 0.29) is 23.6 Å². The summed E-state index contributed by atoms with van der Waals surface area (Å²) in [6.45, 7) is 8.58. The molecule has 3 aromatic heterocycles. The van der Waals surface area contributed by atoms with Crippen molar-refractivity contribution >= 4 is 16.9 Å². The Balaban J connectivity index is 1.12. The van der Waals surface area contributed by atoms with Crippen LogP contribution >= 0.6 is 0 Å². The van der Waals surface area contributed by atoms with Crippen molar-refractivity contribution in [3.05, 3.63) is 63.8 Å². The molecule has 4 heterocycles. The highest BCUT2D eigenvalue weighted by molar-refractivity contribution is 5.92. The number of rotatable bonds is 6. The number of aryl methyl sites for hydroxylation is 2. The van der Waals surface area contributed by atoms with Crippen LogP contribution in [0.15, 0.2) is 41.5 Å². The summed E-state index contributed by atoms with van der Waals surface area (Å²) in [7, 11) is 1.79. The van der Waals surface area contributed by atoms with Crippen LogP contribution in [-0.4, -0.2) is 50.6 Å². The molecular weight excluding hydrogens is 430 g/mol. The minimum absolute atomic E-state index is 0.00737. The highest BCUT2D eigenvalue weighted by Gasteiger charge is 2.37. The fourth-order valence-electron chi connectivity index (χ4n) is 5.01. The highest BCUT2D eigenvalue weighted by Crippen LogP contribution is 2.39. The van der Waals surface area contributed by atoms with E-state index in [2.05, 4.69) is 34.0 Å². The molecule has 3 aromatic rings. The van der Waals surface area contributed by atoms with Gasteiger partial charge in [-0.2, -0.15) is 0 Å². The smallest absolute Gasteiger partial charge is 0.270 e. The van der Waals surface area contributed by atoms with Gasteiger partial charge in [0.25, 0.3) is 11.5 Å². The molecule has 34 heavy (non-hydrogen) atoms. The summed E-state index contributed by atoms with van der Waals surface area (Å²) in [4.78, 5) is 35.7. The third kappa shape index (κ3) is 4.55. The van der Waals surface area contributed by atoms with Gasteiger partial charge in [-0.25, -0.2) is 4.98 Å². The van der Waals surface area contributed by atoms with Gasteiger partial charge in [0.15, 0.2) is 0 Å². The maximum absolute atomic E-state index is 12.4. The molecule has 1 saturated heterocycles. The lowest BCUT2D eigenvalue weighted by Crippen LogP contribution is -2.53. The molecule has 1 aliphatic heterocycles. The second kappa shape index (κ2) is 8.51. The van der Waals surface area contributed by atoms with Crippen LogP contribution in [0.5, 0.6) is 5.75 Å². The van der Waals surface area contributed by atoms with E-state index in [1.165, 1.54) is 0 Å². The molecule has 1 aliphatic carbocycles. The van der Waals surface area contributed by atoms with Gasteiger partial charge in [-0.3, -0.25) is 19.5 Å². The van der Waals surface area contributed by atoms with Crippen molar-refractivity contribution in [2.75, 3.05) is 13.1 Å². The minimum Gasteiger partial charge on any atom is -0.486 e. The Morgan fingerprint density at radius 3 is 2.62 bits per heavy atom. The number of amides is 1. The Morgan fingerprint density at radius 1 is 1.18 bits per heavy atom. The predicted octanol–water partition coefficient (Wildman–Crippen LogP) is 2.82. The summed E-state index contributed by atoms with van der Waals surface area (Å²) in [5.74, 6) is 0.544. The van der Waals surface area contributed by atoms with E-state index in [0.717, 1.165) is 49.1 Å². The van der Waals surface area contributed by atoms with Crippen LogP contribution in [0.2, 0.25) is 0 Å². The third-order valence-electron chi connectivity index (χ3n) is 6.85. The van der Waals surface area contributed by atoms with Gasteiger partial charge < -0.3 is 14.6 Å². The van der Waals surface area contributed by atoms with E-state index in [1.807, 2.05) is 31.3 Å². The lowest BCUT2D eigenvalue weighted by molar-refractivity contribution is 0.0143. The van der Waals surface area contributed by atoms with Crippen LogP contribution in [-0.2, 0) is 13.6 Å². The second-order valence-electron chi connectivity index (χ2n) is 10.5. The Hall–Kier alpha value is -3.26. The van der Waals surface area contributed by atoms with Crippen molar-refractivity contribution in [3.8, 4) is 5.75 Å². The van der Waals surface area contributed by atoms with Crippen molar-refractivity contribution < 1.29 is 9.53 Å². The number of ether oxygens (including phenoxy) is 1. The zero-order valence-corrected chi connectivity index (χ0v) is 20.2. The molecule has 1 saturated carbocycles. The monoisotopic (exact) mass is 461 g/mol. The average Bonchev–Trinajstić information content (AvgIpc) is 2.75. The summed E-state index contributed by atoms with van der Waals surface area (Å²) in [5, 5.41) is 3.05. The number of nitrogens with one attached hydrogen (secondary N) is 1. The summed E-state index contributed by atoms with van der Waals surface area (Å²) >= 11 is 0. The molecule has 1 N–H and O–H groups in total. The normalized spacial score (nSPS) is 18.4. The van der Waals surface area contributed by atoms with Gasteiger partial charge in [0.2, 0.25) is 0 Å². The van der Waals surface area contributed by atoms with Gasteiger partial charge in [0.1, 0.15) is 17.5 Å². The second-order valence-corrected chi connectivity index (χ2v) is 10.5. The first-order valence-electron chi connectivity index (χ1n) is 11.8. The van der Waals surface area contributed by atoms with Crippen LogP contribution in [0, 0.1) is 12.3 Å². The molecule has 0 aromatic carbocycles. The maximum atomic E-state index is 12.4. The highest BCUT2D eigenvalue weighted by atomic mass is 16.5. The molecule has 2 aliphatic rings. The standard InChI is InChI=1S/C26H31N5O3/c1-16-7-22-23(30(4)25(16)33)8-17(11-27-22)13-31-14-20(15-31)34-19-5-6-21(28-12-19)24(32)29-18-9-26(2,3)10-18/h5-8,11-12,18,20H,9-10,13-15H2,1-4H3,(H,29,32). The number of pyridine rings is 3. The topological polar surface area (TPSA) is 89.3 Å². The van der Waals surface area contributed by atoms with Gasteiger partial charge in [0, 0.05) is 44.5 Å². The molecule has 1 amide bonds. The number of hydrogen-bond acceptors (Lipinski definition) is 6. The van der Waals surface area contributed by atoms with Gasteiger partial charge >= 0.3 is 0 Å². The molecular formula is C26H31N5O3. The first kappa shape index (κ1) is 22.5. The SMILES string of the molecule is Cc1cc2ncc(CN3CC(Oc4ccc(C(=O)NC5CC(C)(C)C5)nc4)C3)cc2n(C)c1=O. The molecule has 5 rings (SSSR count). The molecule has 8 nitrogen and oxygen atoms in total. The van der Waals surface area contributed by atoms with Gasteiger partial charge in [-0.1, -0.05) is 13.8 Å². The van der Waals surface area contributed by atoms with Crippen molar-refractivity contribution in [1.82, 2.24) is 24.8 Å². The van der Waals surface area contributed by atoms with E-state index in [1.54, 1.807) is 23.9 Å². The number of carbonyl (C=O) groups excluding carboxylic acids is 1. The summed E-state index contributed by atoms with van der Waals surface area (Å²) in [6.07, 6.45) is 5.59. The van der Waals surface area contributed by atoms with E-state index < -0.39 is 0 Å². The van der Waals surface area contributed by atoms with Crippen LogP contribution in [0.4, 0.5) is 0 Å². The van der Waals surface area contributed by atoms with Crippen molar-refractivity contribution in [2.45, 2.75) is 52.3 Å². The van der Waals surface area contributed by atoms with Crippen LogP contribution in [0.25, 0.3) is 11.0 Å². The number of nitrogens with zero attached hydrogens (tertiary/aromatic N) is 4. The fraction of sp³-hybridized carbons (Fsp3) is 0.462. The Kier molecular flexibility index (Phi) is 5.64. The van der Waals surface area contributed by atoms with Gasteiger partial charge in [-0.05, 0) is 55.0 Å². The fourth-order valence-corrected chi connectivity index (χ4v) is 5.01. The van der Waals surface area contributed by atoms with Crippen molar-refractivity contribution in [2.24, 2.45) is 12.5 Å². The van der Waals surface area contributed by atoms with Crippen molar-refractivity contribution in [3.63, 3.8) is 0 Å². The predicted molar refractivity (Wildman–Crippen MR) is 130 cm³/mol. The average molecular weight is 462 g/mol. The molecule has 0 atom stereocenters. The van der Waals surface area contributed by atoms with Gasteiger partial charge in [-0.15, -0.1) is 0 Å². The van der Waals surface area contributed by atoms with E-state index in [9.17, 15) is 9.59 Å². The van der Waals surface area contributed by atoms with Gasteiger partial charge in [0.05, 0.1) is 17.2 Å². The van der Waals surface area contributed by atoms with E-state index >= 15 is 0 Å². The largest absolute Gasteiger partial charge is 0.486 e. The zero-order valence-electron chi connectivity index (χ0n) is 20.2. The van der Waals surface area contributed by atoms with Crippen LogP contribution in [0.3, 0.4) is 0 Å². The van der Waals surface area contributed by atoms with E-state index in [0.29, 0.717) is 22.4 Å². The summed E-state index contributed by atoms with van der Waals surface area (Å²) < 4.78 is 7.67. The molecule has 2 fully saturated rings. The number of aromatic nitrogens is 3. The molecule has 0 radical (unpaired) electrons. The Morgan fingerprint density at radius 2 is 1.94 bits per heavy atom. The van der Waals surface area contributed by atoms with Crippen molar-refractivity contribution in [1.29, 1.82) is 0 Å². The molecule has 0 bridgehead atoms. The summed E-state index contributed by atoms with van der Waals surface area (Å²) in [5.41, 5.74) is 4.18. The quantitative estimate of drug-likeness (QED) is 0.607. The lowest BCUT2D eigenvalue weighted by Gasteiger charge is -2.42.